The van der Waals surface area contributed by atoms with Crippen molar-refractivity contribution in [2.75, 3.05) is 0 Å². The molecule has 2 aliphatic carbocycles. The maximum absolute atomic E-state index is 4.09. The molecule has 2 atom stereocenters. The van der Waals surface area contributed by atoms with Gasteiger partial charge in [-0.25, -0.2) is 0 Å². The highest BCUT2D eigenvalue weighted by atomic mass is 14.3. The van der Waals surface area contributed by atoms with Gasteiger partial charge in [0, 0.05) is 0 Å². The summed E-state index contributed by atoms with van der Waals surface area (Å²) in [6.07, 6.45) is 8.81. The molecule has 0 radical (unpaired) electrons. The van der Waals surface area contributed by atoms with Crippen molar-refractivity contribution in [1.29, 1.82) is 0 Å². The molecule has 2 rings (SSSR count). The zero-order valence-electron chi connectivity index (χ0n) is 9.18. The van der Waals surface area contributed by atoms with Crippen LogP contribution in [-0.2, 0) is 0 Å². The largest absolute Gasteiger partial charge is 0.0999 e. The molecule has 0 aromatic rings. The van der Waals surface area contributed by atoms with Gasteiger partial charge >= 0.3 is 0 Å². The molecule has 14 heavy (non-hydrogen) atoms. The fourth-order valence-electron chi connectivity index (χ4n) is 2.79. The van der Waals surface area contributed by atoms with Crippen LogP contribution in [0.1, 0.15) is 39.0 Å². The highest BCUT2D eigenvalue weighted by molar-refractivity contribution is 5.28. The van der Waals surface area contributed by atoms with Gasteiger partial charge in [-0.1, -0.05) is 36.0 Å². The van der Waals surface area contributed by atoms with Gasteiger partial charge in [0.2, 0.25) is 0 Å². The van der Waals surface area contributed by atoms with Crippen LogP contribution in [0.5, 0.6) is 0 Å². The molecule has 0 aliphatic heterocycles. The van der Waals surface area contributed by atoms with E-state index in [0.29, 0.717) is 0 Å². The molecule has 2 unspecified atom stereocenters. The molecular weight excluding hydrogens is 168 g/mol. The second-order valence-electron chi connectivity index (χ2n) is 4.93. The van der Waals surface area contributed by atoms with Gasteiger partial charge in [0.15, 0.2) is 0 Å². The van der Waals surface area contributed by atoms with Crippen molar-refractivity contribution in [3.63, 3.8) is 0 Å². The fourth-order valence-corrected chi connectivity index (χ4v) is 2.79. The van der Waals surface area contributed by atoms with Crippen molar-refractivity contribution in [3.8, 4) is 0 Å². The topological polar surface area (TPSA) is 0 Å². The van der Waals surface area contributed by atoms with E-state index in [1.165, 1.54) is 43.3 Å². The highest BCUT2D eigenvalue weighted by Crippen LogP contribution is 2.42. The van der Waals surface area contributed by atoms with Crippen LogP contribution in [-0.4, -0.2) is 0 Å². The molecule has 0 saturated heterocycles. The lowest BCUT2D eigenvalue weighted by molar-refractivity contribution is 0.347. The van der Waals surface area contributed by atoms with Gasteiger partial charge in [-0.2, -0.15) is 0 Å². The minimum absolute atomic E-state index is 0.781. The molecule has 0 amide bonds. The van der Waals surface area contributed by atoms with Crippen molar-refractivity contribution < 1.29 is 0 Å². The first kappa shape index (κ1) is 9.76. The van der Waals surface area contributed by atoms with E-state index in [4.69, 9.17) is 0 Å². The number of hydrogen-bond acceptors (Lipinski definition) is 0. The van der Waals surface area contributed by atoms with Gasteiger partial charge in [0.1, 0.15) is 0 Å². The lowest BCUT2D eigenvalue weighted by atomic mass is 9.71. The molecule has 76 valence electrons. The summed E-state index contributed by atoms with van der Waals surface area (Å²) < 4.78 is 0. The zero-order valence-corrected chi connectivity index (χ0v) is 9.18. The molecule has 0 bridgehead atoms. The lowest BCUT2D eigenvalue weighted by Crippen LogP contribution is -2.21. The zero-order chi connectivity index (χ0) is 10.1. The summed E-state index contributed by atoms with van der Waals surface area (Å²) in [6, 6.07) is 0. The Bertz CT molecular complexity index is 293. The fraction of sp³-hybridized carbons (Fsp3) is 0.571. The molecule has 0 aromatic carbocycles. The van der Waals surface area contributed by atoms with Crippen molar-refractivity contribution in [1.82, 2.24) is 0 Å². The third-order valence-corrected chi connectivity index (χ3v) is 3.78. The van der Waals surface area contributed by atoms with Gasteiger partial charge in [-0.15, -0.1) is 0 Å². The second-order valence-corrected chi connectivity index (χ2v) is 4.93. The van der Waals surface area contributed by atoms with Crippen LogP contribution in [0, 0.1) is 11.8 Å². The summed E-state index contributed by atoms with van der Waals surface area (Å²) in [7, 11) is 0. The summed E-state index contributed by atoms with van der Waals surface area (Å²) in [4.78, 5) is 0. The van der Waals surface area contributed by atoms with E-state index in [9.17, 15) is 0 Å². The van der Waals surface area contributed by atoms with Crippen LogP contribution in [0.4, 0.5) is 0 Å². The van der Waals surface area contributed by atoms with Gasteiger partial charge < -0.3 is 0 Å². The van der Waals surface area contributed by atoms with Gasteiger partial charge in [0.05, 0.1) is 0 Å². The van der Waals surface area contributed by atoms with E-state index in [2.05, 4.69) is 26.2 Å². The van der Waals surface area contributed by atoms with Gasteiger partial charge in [-0.05, 0) is 50.9 Å². The molecule has 0 nitrogen and oxygen atoms in total. The normalized spacial score (nSPS) is 32.1. The van der Waals surface area contributed by atoms with Crippen LogP contribution >= 0.6 is 0 Å². The quantitative estimate of drug-likeness (QED) is 0.539. The van der Waals surface area contributed by atoms with Crippen LogP contribution < -0.4 is 0 Å². The van der Waals surface area contributed by atoms with E-state index in [-0.39, 0.29) is 0 Å². The van der Waals surface area contributed by atoms with Gasteiger partial charge in [-0.3, -0.25) is 0 Å². The van der Waals surface area contributed by atoms with Crippen molar-refractivity contribution in [2.24, 2.45) is 11.8 Å². The molecular formula is C14H20. The lowest BCUT2D eigenvalue weighted by Gasteiger charge is -2.34. The number of rotatable bonds is 1. The summed E-state index contributed by atoms with van der Waals surface area (Å²) in [5.74, 6) is 1.62. The average molecular weight is 188 g/mol. The first-order chi connectivity index (χ1) is 6.66. The first-order valence-corrected chi connectivity index (χ1v) is 5.70. The third-order valence-electron chi connectivity index (χ3n) is 3.78. The molecule has 0 N–H and O–H groups in total. The molecule has 0 heteroatoms. The van der Waals surface area contributed by atoms with Crippen molar-refractivity contribution in [3.05, 3.63) is 36.0 Å². The maximum atomic E-state index is 4.09. The van der Waals surface area contributed by atoms with E-state index < -0.39 is 0 Å². The predicted octanol–water partition coefficient (Wildman–Crippen LogP) is 4.26. The first-order valence-electron chi connectivity index (χ1n) is 5.70. The van der Waals surface area contributed by atoms with Crippen molar-refractivity contribution in [2.45, 2.75) is 39.0 Å². The summed E-state index contributed by atoms with van der Waals surface area (Å²) >= 11 is 0. The average Bonchev–Trinajstić information content (AvgIpc) is 2.16. The Hall–Kier alpha value is -0.780. The van der Waals surface area contributed by atoms with Crippen LogP contribution in [0.3, 0.4) is 0 Å². The number of allylic oxidation sites excluding steroid dienone is 4. The maximum Gasteiger partial charge on any atom is -0.0191 e. The Labute approximate surface area is 87.4 Å². The summed E-state index contributed by atoms with van der Waals surface area (Å²) in [5.41, 5.74) is 4.39. The number of fused-ring (bicyclic) bond motifs is 1. The van der Waals surface area contributed by atoms with Crippen LogP contribution in [0.25, 0.3) is 0 Å². The van der Waals surface area contributed by atoms with E-state index in [1.807, 2.05) is 0 Å². The monoisotopic (exact) mass is 188 g/mol. The Morgan fingerprint density at radius 2 is 2.14 bits per heavy atom. The minimum Gasteiger partial charge on any atom is -0.0999 e. The number of hydrogen-bond donors (Lipinski definition) is 0. The standard InChI is InChI=1S/C14H20/c1-10(2)12-6-7-13-8-11(3)4-5-14(13)9-12/h8,12,14H,1,3-7,9H2,2H3. The van der Waals surface area contributed by atoms with Crippen LogP contribution in [0.15, 0.2) is 36.0 Å². The van der Waals surface area contributed by atoms with E-state index >= 15 is 0 Å². The SMILES string of the molecule is C=C1C=C2CCC(C(=C)C)CC2CC1. The Morgan fingerprint density at radius 1 is 1.36 bits per heavy atom. The summed E-state index contributed by atoms with van der Waals surface area (Å²) in [5, 5.41) is 0. The highest BCUT2D eigenvalue weighted by Gasteiger charge is 2.27. The Morgan fingerprint density at radius 3 is 2.86 bits per heavy atom. The molecule has 0 aromatic heterocycles. The van der Waals surface area contributed by atoms with Crippen molar-refractivity contribution >= 4 is 0 Å². The van der Waals surface area contributed by atoms with Gasteiger partial charge in [0.25, 0.3) is 0 Å². The molecule has 0 heterocycles. The minimum atomic E-state index is 0.781. The van der Waals surface area contributed by atoms with E-state index in [0.717, 1.165) is 11.8 Å². The molecule has 2 aliphatic rings. The Balaban J connectivity index is 2.09. The molecule has 1 saturated carbocycles. The summed E-state index contributed by atoms with van der Waals surface area (Å²) in [6.45, 7) is 10.3. The van der Waals surface area contributed by atoms with Crippen LogP contribution in [0.2, 0.25) is 0 Å². The second kappa shape index (κ2) is 3.76. The molecule has 1 fully saturated rings. The predicted molar refractivity (Wildman–Crippen MR) is 62.1 cm³/mol. The third kappa shape index (κ3) is 1.84. The Kier molecular flexibility index (Phi) is 2.62. The molecule has 0 spiro atoms. The van der Waals surface area contributed by atoms with E-state index in [1.54, 1.807) is 5.57 Å². The smallest absolute Gasteiger partial charge is 0.0191 e.